The summed E-state index contributed by atoms with van der Waals surface area (Å²) in [7, 11) is -2.22. The van der Waals surface area contributed by atoms with Gasteiger partial charge in [-0.25, -0.2) is 8.42 Å². The fourth-order valence-electron chi connectivity index (χ4n) is 3.05. The molecule has 0 aliphatic heterocycles. The molecule has 0 aliphatic rings. The molecule has 0 aliphatic carbocycles. The van der Waals surface area contributed by atoms with Crippen LogP contribution in [0.5, 0.6) is 11.5 Å². The van der Waals surface area contributed by atoms with E-state index < -0.39 is 15.9 Å². The van der Waals surface area contributed by atoms with E-state index in [1.54, 1.807) is 31.4 Å². The summed E-state index contributed by atoms with van der Waals surface area (Å²) >= 11 is 0. The first-order valence-electron chi connectivity index (χ1n) is 10.8. The molecule has 3 rings (SSSR count). The number of hydrogen-bond acceptors (Lipinski definition) is 6. The van der Waals surface area contributed by atoms with Gasteiger partial charge in [-0.2, -0.15) is 0 Å². The Bertz CT molecular complexity index is 1240. The molecule has 0 atom stereocenters. The van der Waals surface area contributed by atoms with E-state index in [9.17, 15) is 18.0 Å². The second kappa shape index (κ2) is 11.9. The van der Waals surface area contributed by atoms with Crippen LogP contribution in [0.1, 0.15) is 22.8 Å². The minimum Gasteiger partial charge on any atom is -0.497 e. The molecule has 10 heteroatoms. The van der Waals surface area contributed by atoms with E-state index in [4.69, 9.17) is 9.47 Å². The van der Waals surface area contributed by atoms with Gasteiger partial charge < -0.3 is 20.1 Å². The minimum absolute atomic E-state index is 0.0865. The molecule has 0 saturated heterocycles. The molecule has 3 N–H and O–H groups in total. The maximum Gasteiger partial charge on any atom is 0.261 e. The molecule has 0 saturated carbocycles. The number of sulfonamides is 1. The van der Waals surface area contributed by atoms with Crippen molar-refractivity contribution in [1.82, 2.24) is 10.6 Å². The van der Waals surface area contributed by atoms with Crippen LogP contribution in [0.4, 0.5) is 5.69 Å². The zero-order valence-corrected chi connectivity index (χ0v) is 20.2. The predicted molar refractivity (Wildman–Crippen MR) is 132 cm³/mol. The molecule has 0 bridgehead atoms. The quantitative estimate of drug-likeness (QED) is 0.374. The number of carbonyl (C=O) groups excluding carboxylic acids is 2. The van der Waals surface area contributed by atoms with E-state index in [0.717, 1.165) is 11.3 Å². The van der Waals surface area contributed by atoms with E-state index in [1.165, 1.54) is 36.4 Å². The lowest BCUT2D eigenvalue weighted by molar-refractivity contribution is -0.120. The van der Waals surface area contributed by atoms with Gasteiger partial charge >= 0.3 is 0 Å². The number of methoxy groups -OCH3 is 1. The fourth-order valence-corrected chi connectivity index (χ4v) is 4.11. The number of rotatable bonds is 11. The average molecular weight is 498 g/mol. The van der Waals surface area contributed by atoms with Gasteiger partial charge in [-0.15, -0.1) is 0 Å². The molecule has 0 heterocycles. The van der Waals surface area contributed by atoms with E-state index in [-0.39, 0.29) is 22.9 Å². The molecular weight excluding hydrogens is 470 g/mol. The van der Waals surface area contributed by atoms with Crippen molar-refractivity contribution in [3.8, 4) is 11.5 Å². The second-order valence-corrected chi connectivity index (χ2v) is 9.08. The summed E-state index contributed by atoms with van der Waals surface area (Å²) in [6, 6.07) is 19.2. The fraction of sp³-hybridized carbons (Fsp3) is 0.200. The highest BCUT2D eigenvalue weighted by molar-refractivity contribution is 7.92. The predicted octanol–water partition coefficient (Wildman–Crippen LogP) is 2.94. The Morgan fingerprint density at radius 1 is 0.829 bits per heavy atom. The van der Waals surface area contributed by atoms with Crippen LogP contribution in [-0.4, -0.2) is 40.5 Å². The lowest BCUT2D eigenvalue weighted by atomic mass is 10.2. The molecule has 0 fully saturated rings. The molecule has 35 heavy (non-hydrogen) atoms. The summed E-state index contributed by atoms with van der Waals surface area (Å²) in [6.45, 7) is 2.45. The lowest BCUT2D eigenvalue weighted by Crippen LogP contribution is -2.36. The third-order valence-electron chi connectivity index (χ3n) is 4.90. The Morgan fingerprint density at radius 3 is 2.06 bits per heavy atom. The number of benzene rings is 3. The van der Waals surface area contributed by atoms with Crippen LogP contribution in [0.25, 0.3) is 0 Å². The molecule has 0 spiro atoms. The van der Waals surface area contributed by atoms with Crippen molar-refractivity contribution in [3.05, 3.63) is 83.9 Å². The molecule has 3 aromatic rings. The highest BCUT2D eigenvalue weighted by atomic mass is 32.2. The zero-order valence-electron chi connectivity index (χ0n) is 19.4. The maximum absolute atomic E-state index is 12.6. The standard InChI is InChI=1S/C25H27N3O6S/c1-3-34-22-12-14-23(15-13-22)35(31,32)28-20-8-6-19(7-9-20)25(30)27-17-24(29)26-16-18-4-10-21(33-2)11-5-18/h4-15,28H,3,16-17H2,1-2H3,(H,26,29)(H,27,30). The summed E-state index contributed by atoms with van der Waals surface area (Å²) in [4.78, 5) is 24.5. The average Bonchev–Trinajstić information content (AvgIpc) is 2.87. The molecule has 0 aromatic heterocycles. The Kier molecular flexibility index (Phi) is 8.69. The van der Waals surface area contributed by atoms with Crippen LogP contribution < -0.4 is 24.8 Å². The smallest absolute Gasteiger partial charge is 0.261 e. The summed E-state index contributed by atoms with van der Waals surface area (Å²) in [5.74, 6) is 0.512. The molecule has 3 aromatic carbocycles. The number of anilines is 1. The van der Waals surface area contributed by atoms with Crippen LogP contribution in [0.15, 0.2) is 77.7 Å². The highest BCUT2D eigenvalue weighted by Gasteiger charge is 2.15. The largest absolute Gasteiger partial charge is 0.497 e. The monoisotopic (exact) mass is 497 g/mol. The van der Waals surface area contributed by atoms with Crippen molar-refractivity contribution in [2.45, 2.75) is 18.4 Å². The van der Waals surface area contributed by atoms with Gasteiger partial charge in [-0.1, -0.05) is 12.1 Å². The summed E-state index contributed by atoms with van der Waals surface area (Å²) < 4.78 is 38.0. The lowest BCUT2D eigenvalue weighted by Gasteiger charge is -2.10. The molecule has 184 valence electrons. The SMILES string of the molecule is CCOc1ccc(S(=O)(=O)Nc2ccc(C(=O)NCC(=O)NCc3ccc(OC)cc3)cc2)cc1. The normalized spacial score (nSPS) is 10.8. The van der Waals surface area contributed by atoms with Crippen molar-refractivity contribution >= 4 is 27.5 Å². The highest BCUT2D eigenvalue weighted by Crippen LogP contribution is 2.20. The summed E-state index contributed by atoms with van der Waals surface area (Å²) in [5, 5.41) is 5.27. The second-order valence-electron chi connectivity index (χ2n) is 7.39. The van der Waals surface area contributed by atoms with Crippen LogP contribution in [0, 0.1) is 0 Å². The third kappa shape index (κ3) is 7.47. The number of ether oxygens (including phenoxy) is 2. The van der Waals surface area contributed by atoms with Gasteiger partial charge in [0, 0.05) is 17.8 Å². The van der Waals surface area contributed by atoms with Crippen molar-refractivity contribution in [1.29, 1.82) is 0 Å². The van der Waals surface area contributed by atoms with Crippen molar-refractivity contribution < 1.29 is 27.5 Å². The first-order valence-corrected chi connectivity index (χ1v) is 12.3. The first-order chi connectivity index (χ1) is 16.8. The molecule has 2 amide bonds. The van der Waals surface area contributed by atoms with Gasteiger partial charge in [0.05, 0.1) is 25.2 Å². The zero-order chi connectivity index (χ0) is 25.3. The molecular formula is C25H27N3O6S. The molecule has 0 unspecified atom stereocenters. The van der Waals surface area contributed by atoms with E-state index in [2.05, 4.69) is 15.4 Å². The Labute approximate surface area is 204 Å². The first kappa shape index (κ1) is 25.6. The van der Waals surface area contributed by atoms with Crippen LogP contribution in [-0.2, 0) is 21.4 Å². The summed E-state index contributed by atoms with van der Waals surface area (Å²) in [5.41, 5.74) is 1.48. The van der Waals surface area contributed by atoms with Crippen molar-refractivity contribution in [2.24, 2.45) is 0 Å². The van der Waals surface area contributed by atoms with Crippen LogP contribution in [0.2, 0.25) is 0 Å². The number of nitrogens with one attached hydrogen (secondary N) is 3. The van der Waals surface area contributed by atoms with Gasteiger partial charge in [0.15, 0.2) is 0 Å². The van der Waals surface area contributed by atoms with Gasteiger partial charge in [0.1, 0.15) is 11.5 Å². The number of hydrogen-bond donors (Lipinski definition) is 3. The van der Waals surface area contributed by atoms with E-state index in [0.29, 0.717) is 24.6 Å². The van der Waals surface area contributed by atoms with Crippen molar-refractivity contribution in [3.63, 3.8) is 0 Å². The van der Waals surface area contributed by atoms with Crippen molar-refractivity contribution in [2.75, 3.05) is 25.0 Å². The third-order valence-corrected chi connectivity index (χ3v) is 6.30. The Balaban J connectivity index is 1.49. The molecule has 9 nitrogen and oxygen atoms in total. The molecule has 0 radical (unpaired) electrons. The van der Waals surface area contributed by atoms with Gasteiger partial charge in [0.2, 0.25) is 5.91 Å². The van der Waals surface area contributed by atoms with Gasteiger partial charge in [-0.3, -0.25) is 14.3 Å². The topological polar surface area (TPSA) is 123 Å². The minimum atomic E-state index is -3.80. The van der Waals surface area contributed by atoms with E-state index >= 15 is 0 Å². The van der Waals surface area contributed by atoms with Crippen LogP contribution >= 0.6 is 0 Å². The van der Waals surface area contributed by atoms with Gasteiger partial charge in [0.25, 0.3) is 15.9 Å². The summed E-state index contributed by atoms with van der Waals surface area (Å²) in [6.07, 6.45) is 0. The van der Waals surface area contributed by atoms with E-state index in [1.807, 2.05) is 19.1 Å². The number of amides is 2. The van der Waals surface area contributed by atoms with Crippen LogP contribution in [0.3, 0.4) is 0 Å². The Morgan fingerprint density at radius 2 is 1.46 bits per heavy atom. The van der Waals surface area contributed by atoms with Gasteiger partial charge in [-0.05, 0) is 73.2 Å². The maximum atomic E-state index is 12.6. The Hall–Kier alpha value is -4.05. The number of carbonyl (C=O) groups is 2.